The minimum Gasteiger partial charge on any atom is -0.412 e. The van der Waals surface area contributed by atoms with Crippen molar-refractivity contribution in [2.24, 2.45) is 0 Å². The zero-order chi connectivity index (χ0) is 5.45. The molecule has 0 aliphatic heterocycles. The Hall–Kier alpha value is 0.110. The Morgan fingerprint density at radius 1 is 1.00 bits per heavy atom. The first-order valence-corrected chi connectivity index (χ1v) is 5.40. The molecule has 0 fully saturated rings. The molecule has 0 unspecified atom stereocenters. The first kappa shape index (κ1) is 10.2. The highest BCUT2D eigenvalue weighted by molar-refractivity contribution is 8.17. The molecule has 2 nitrogen and oxygen atoms in total. The molecule has 2 N–H and O–H groups in total. The van der Waals surface area contributed by atoms with Gasteiger partial charge >= 0.3 is 0 Å². The van der Waals surface area contributed by atoms with Crippen molar-refractivity contribution in [2.75, 3.05) is 25.0 Å². The lowest BCUT2D eigenvalue weighted by molar-refractivity contribution is 0.673. The van der Waals surface area contributed by atoms with Gasteiger partial charge in [0.1, 0.15) is 0 Å². The van der Waals surface area contributed by atoms with Gasteiger partial charge in [0, 0.05) is 0 Å². The SMILES string of the molecule is CS(C)(C)(C)=O.O. The summed E-state index contributed by atoms with van der Waals surface area (Å²) >= 11 is 0. The second-order valence-electron chi connectivity index (χ2n) is 3.12. The third-order valence-electron chi connectivity index (χ3n) is 0. The topological polar surface area (TPSA) is 48.6 Å². The Kier molecular flexibility index (Phi) is 2.27. The average Bonchev–Trinajstić information content (AvgIpc) is 0.650. The summed E-state index contributed by atoms with van der Waals surface area (Å²) in [7, 11) is -2.10. The van der Waals surface area contributed by atoms with Crippen LogP contribution in [0.1, 0.15) is 0 Å². The summed E-state index contributed by atoms with van der Waals surface area (Å²) < 4.78 is 10.8. The van der Waals surface area contributed by atoms with Crippen molar-refractivity contribution in [1.29, 1.82) is 0 Å². The van der Waals surface area contributed by atoms with Crippen molar-refractivity contribution in [3.8, 4) is 0 Å². The second kappa shape index (κ2) is 1.56. The fourth-order valence-corrected chi connectivity index (χ4v) is 0. The first-order valence-electron chi connectivity index (χ1n) is 1.80. The van der Waals surface area contributed by atoms with E-state index in [2.05, 4.69) is 0 Å². The van der Waals surface area contributed by atoms with Crippen LogP contribution >= 0.6 is 0 Å². The van der Waals surface area contributed by atoms with Gasteiger partial charge in [0.05, 0.1) is 0 Å². The van der Waals surface area contributed by atoms with E-state index >= 15 is 0 Å². The van der Waals surface area contributed by atoms with Crippen molar-refractivity contribution in [1.82, 2.24) is 0 Å². The molecule has 7 heavy (non-hydrogen) atoms. The van der Waals surface area contributed by atoms with Crippen molar-refractivity contribution in [3.05, 3.63) is 0 Å². The zero-order valence-corrected chi connectivity index (χ0v) is 6.13. The van der Waals surface area contributed by atoms with E-state index in [4.69, 9.17) is 0 Å². The van der Waals surface area contributed by atoms with E-state index in [0.717, 1.165) is 0 Å². The van der Waals surface area contributed by atoms with Gasteiger partial charge in [-0.1, -0.05) is 0 Å². The lowest BCUT2D eigenvalue weighted by Gasteiger charge is -2.19. The summed E-state index contributed by atoms with van der Waals surface area (Å²) in [5.41, 5.74) is 0. The summed E-state index contributed by atoms with van der Waals surface area (Å²) in [6.07, 6.45) is 7.04. The first-order chi connectivity index (χ1) is 2.24. The molecule has 0 atom stereocenters. The standard InChI is InChI=1S/C4H12OS.H2O/c1-6(2,3,4)5;/h1-4H3;1H2. The van der Waals surface area contributed by atoms with Crippen LogP contribution in [0.3, 0.4) is 0 Å². The van der Waals surface area contributed by atoms with E-state index in [1.165, 1.54) is 0 Å². The fraction of sp³-hybridized carbons (Fsp3) is 1.00. The van der Waals surface area contributed by atoms with Crippen molar-refractivity contribution >= 4 is 9.07 Å². The minimum atomic E-state index is -2.10. The van der Waals surface area contributed by atoms with Crippen LogP contribution in [0.15, 0.2) is 0 Å². The lowest BCUT2D eigenvalue weighted by Crippen LogP contribution is -2.23. The predicted octanol–water partition coefficient (Wildman–Crippen LogP) is -0.499. The molecular weight excluding hydrogens is 112 g/mol. The van der Waals surface area contributed by atoms with Gasteiger partial charge in [-0.05, 0) is 25.0 Å². The molecule has 3 heteroatoms. The van der Waals surface area contributed by atoms with E-state index in [-0.39, 0.29) is 5.48 Å². The third-order valence-corrected chi connectivity index (χ3v) is 0. The largest absolute Gasteiger partial charge is 0.412 e. The molecular formula is C4H14O2S. The number of hydrogen-bond acceptors (Lipinski definition) is 1. The molecule has 0 saturated heterocycles. The normalized spacial score (nSPS) is 16.3. The Morgan fingerprint density at radius 2 is 1.00 bits per heavy atom. The molecule has 0 saturated carbocycles. The van der Waals surface area contributed by atoms with Gasteiger partial charge in [-0.15, -0.1) is 9.07 Å². The average molecular weight is 126 g/mol. The highest BCUT2D eigenvalue weighted by Crippen LogP contribution is 2.02. The van der Waals surface area contributed by atoms with Crippen molar-refractivity contribution in [3.63, 3.8) is 0 Å². The van der Waals surface area contributed by atoms with Crippen LogP contribution in [0.2, 0.25) is 0 Å². The van der Waals surface area contributed by atoms with Crippen LogP contribution in [-0.4, -0.2) is 34.7 Å². The van der Waals surface area contributed by atoms with Gasteiger partial charge in [-0.25, -0.2) is 0 Å². The molecule has 0 radical (unpaired) electrons. The van der Waals surface area contributed by atoms with Crippen LogP contribution < -0.4 is 0 Å². The molecule has 0 rings (SSSR count). The van der Waals surface area contributed by atoms with E-state index in [1.54, 1.807) is 25.0 Å². The van der Waals surface area contributed by atoms with Crippen molar-refractivity contribution < 1.29 is 9.69 Å². The maximum absolute atomic E-state index is 10.8. The Labute approximate surface area is 44.6 Å². The summed E-state index contributed by atoms with van der Waals surface area (Å²) in [5.74, 6) is 0. The minimum absolute atomic E-state index is 0. The van der Waals surface area contributed by atoms with E-state index in [0.29, 0.717) is 0 Å². The molecule has 0 aromatic carbocycles. The van der Waals surface area contributed by atoms with Gasteiger partial charge < -0.3 is 5.48 Å². The summed E-state index contributed by atoms with van der Waals surface area (Å²) in [6.45, 7) is 0. The third kappa shape index (κ3) is 8530. The van der Waals surface area contributed by atoms with Gasteiger partial charge in [0.25, 0.3) is 0 Å². The van der Waals surface area contributed by atoms with Crippen LogP contribution in [0.4, 0.5) is 0 Å². The fourth-order valence-electron chi connectivity index (χ4n) is 0. The molecule has 0 bridgehead atoms. The number of rotatable bonds is 0. The van der Waals surface area contributed by atoms with Crippen molar-refractivity contribution in [2.45, 2.75) is 0 Å². The Bertz CT molecular complexity index is 87.3. The quantitative estimate of drug-likeness (QED) is 0.431. The molecule has 0 amide bonds. The molecule has 0 aliphatic carbocycles. The zero-order valence-electron chi connectivity index (χ0n) is 5.32. The molecule has 0 aromatic heterocycles. The Morgan fingerprint density at radius 3 is 1.00 bits per heavy atom. The molecule has 48 valence electrons. The van der Waals surface area contributed by atoms with Crippen LogP contribution in [0.5, 0.6) is 0 Å². The second-order valence-corrected chi connectivity index (χ2v) is 9.35. The highest BCUT2D eigenvalue weighted by atomic mass is 32.3. The van der Waals surface area contributed by atoms with Gasteiger partial charge in [0.2, 0.25) is 0 Å². The Balaban J connectivity index is 0. The maximum atomic E-state index is 10.8. The van der Waals surface area contributed by atoms with Gasteiger partial charge in [-0.2, -0.15) is 0 Å². The molecule has 0 aliphatic rings. The van der Waals surface area contributed by atoms with Gasteiger partial charge in [-0.3, -0.25) is 4.21 Å². The number of hydrogen-bond donors (Lipinski definition) is 0. The summed E-state index contributed by atoms with van der Waals surface area (Å²) in [6, 6.07) is 0. The van der Waals surface area contributed by atoms with E-state index in [1.807, 2.05) is 0 Å². The summed E-state index contributed by atoms with van der Waals surface area (Å²) in [5, 5.41) is 0. The smallest absolute Gasteiger partial charge is 0.00868 e. The van der Waals surface area contributed by atoms with Crippen LogP contribution in [-0.2, 0) is 9.07 Å². The summed E-state index contributed by atoms with van der Waals surface area (Å²) in [4.78, 5) is 0. The monoisotopic (exact) mass is 126 g/mol. The molecule has 0 aromatic rings. The van der Waals surface area contributed by atoms with E-state index in [9.17, 15) is 4.21 Å². The lowest BCUT2D eigenvalue weighted by atomic mass is 11.8. The molecule has 0 spiro atoms. The van der Waals surface area contributed by atoms with E-state index < -0.39 is 9.07 Å². The predicted molar refractivity (Wildman–Crippen MR) is 35.5 cm³/mol. The maximum Gasteiger partial charge on any atom is -0.00868 e. The van der Waals surface area contributed by atoms with Gasteiger partial charge in [0.15, 0.2) is 0 Å². The van der Waals surface area contributed by atoms with Crippen LogP contribution in [0, 0.1) is 0 Å². The highest BCUT2D eigenvalue weighted by Gasteiger charge is 2.05. The molecule has 0 heterocycles. The van der Waals surface area contributed by atoms with Crippen LogP contribution in [0.25, 0.3) is 0 Å².